The van der Waals surface area contributed by atoms with Gasteiger partial charge in [-0.15, -0.1) is 0 Å². The van der Waals surface area contributed by atoms with E-state index >= 15 is 0 Å². The van der Waals surface area contributed by atoms with E-state index in [4.69, 9.17) is 0 Å². The Hall–Kier alpha value is -1.60. The molecule has 1 atom stereocenters. The van der Waals surface area contributed by atoms with Crippen molar-refractivity contribution in [3.8, 4) is 0 Å². The van der Waals surface area contributed by atoms with Crippen LogP contribution in [0.15, 0.2) is 54.6 Å². The van der Waals surface area contributed by atoms with Crippen LogP contribution in [0.5, 0.6) is 0 Å². The Kier molecular flexibility index (Phi) is 3.65. The molecule has 0 heterocycles. The fourth-order valence-electron chi connectivity index (χ4n) is 2.78. The van der Waals surface area contributed by atoms with Crippen LogP contribution in [0.2, 0.25) is 0 Å². The molecule has 1 unspecified atom stereocenters. The third-order valence-corrected chi connectivity index (χ3v) is 3.99. The lowest BCUT2D eigenvalue weighted by Gasteiger charge is -2.16. The van der Waals surface area contributed by atoms with E-state index in [1.165, 1.54) is 29.5 Å². The second-order valence-corrected chi connectivity index (χ2v) is 5.51. The van der Waals surface area contributed by atoms with E-state index in [-0.39, 0.29) is 0 Å². The molecule has 1 heteroatoms. The van der Waals surface area contributed by atoms with E-state index in [1.807, 2.05) is 0 Å². The maximum atomic E-state index is 3.45. The Morgan fingerprint density at radius 2 is 1.58 bits per heavy atom. The maximum Gasteiger partial charge on any atom is 0.0346 e. The molecule has 19 heavy (non-hydrogen) atoms. The number of hydrogen-bond donors (Lipinski definition) is 1. The molecule has 1 nitrogen and oxygen atoms in total. The molecular formula is C18H21N. The molecular weight excluding hydrogens is 230 g/mol. The highest BCUT2D eigenvalue weighted by molar-refractivity contribution is 5.30. The van der Waals surface area contributed by atoms with Gasteiger partial charge in [0.25, 0.3) is 0 Å². The Balaban J connectivity index is 1.71. The summed E-state index contributed by atoms with van der Waals surface area (Å²) in [5.41, 5.74) is 4.20. The zero-order valence-electron chi connectivity index (χ0n) is 11.5. The molecule has 2 aromatic carbocycles. The van der Waals surface area contributed by atoms with Crippen LogP contribution in [0.1, 0.15) is 35.6 Å². The molecule has 1 saturated carbocycles. The lowest BCUT2D eigenvalue weighted by Crippen LogP contribution is -2.18. The zero-order chi connectivity index (χ0) is 13.1. The quantitative estimate of drug-likeness (QED) is 0.848. The fourth-order valence-corrected chi connectivity index (χ4v) is 2.78. The van der Waals surface area contributed by atoms with Gasteiger partial charge in [0.05, 0.1) is 0 Å². The summed E-state index contributed by atoms with van der Waals surface area (Å²) in [6.07, 6.45) is 3.77. The summed E-state index contributed by atoms with van der Waals surface area (Å²) in [7, 11) is 2.07. The molecule has 1 aliphatic rings. The van der Waals surface area contributed by atoms with Crippen LogP contribution in [0, 0.1) is 5.92 Å². The normalized spacial score (nSPS) is 16.3. The summed E-state index contributed by atoms with van der Waals surface area (Å²) < 4.78 is 0. The van der Waals surface area contributed by atoms with Gasteiger partial charge in [-0.05, 0) is 48.9 Å². The highest BCUT2D eigenvalue weighted by Gasteiger charge is 2.30. The lowest BCUT2D eigenvalue weighted by atomic mass is 9.98. The summed E-state index contributed by atoms with van der Waals surface area (Å²) in [5, 5.41) is 3.45. The topological polar surface area (TPSA) is 12.0 Å². The summed E-state index contributed by atoms with van der Waals surface area (Å²) in [5.74, 6) is 0.852. The average molecular weight is 251 g/mol. The van der Waals surface area contributed by atoms with Crippen molar-refractivity contribution in [1.29, 1.82) is 0 Å². The third kappa shape index (κ3) is 3.05. The standard InChI is InChI=1S/C18H21N/c1-19-18(17-11-12-17)16-9-7-15(8-10-16)13-14-5-3-2-4-6-14/h2-10,17-19H,11-13H2,1H3. The van der Waals surface area contributed by atoms with Gasteiger partial charge < -0.3 is 5.32 Å². The Morgan fingerprint density at radius 3 is 2.16 bits per heavy atom. The Morgan fingerprint density at radius 1 is 0.947 bits per heavy atom. The van der Waals surface area contributed by atoms with E-state index in [9.17, 15) is 0 Å². The molecule has 0 radical (unpaired) electrons. The molecule has 0 aromatic heterocycles. The first kappa shape index (κ1) is 12.4. The van der Waals surface area contributed by atoms with E-state index in [0.717, 1.165) is 12.3 Å². The Bertz CT molecular complexity index is 511. The first-order valence-corrected chi connectivity index (χ1v) is 7.17. The van der Waals surface area contributed by atoms with Gasteiger partial charge in [-0.25, -0.2) is 0 Å². The first-order valence-electron chi connectivity index (χ1n) is 7.17. The summed E-state index contributed by atoms with van der Waals surface area (Å²) >= 11 is 0. The molecule has 0 amide bonds. The van der Waals surface area contributed by atoms with Gasteiger partial charge in [0.15, 0.2) is 0 Å². The van der Waals surface area contributed by atoms with Crippen LogP contribution in [-0.4, -0.2) is 7.05 Å². The van der Waals surface area contributed by atoms with E-state index in [2.05, 4.69) is 67.0 Å². The van der Waals surface area contributed by atoms with Crippen molar-refractivity contribution in [2.24, 2.45) is 5.92 Å². The van der Waals surface area contributed by atoms with Crippen molar-refractivity contribution in [1.82, 2.24) is 5.32 Å². The zero-order valence-corrected chi connectivity index (χ0v) is 11.5. The van der Waals surface area contributed by atoms with E-state index in [0.29, 0.717) is 6.04 Å². The van der Waals surface area contributed by atoms with Crippen molar-refractivity contribution in [3.63, 3.8) is 0 Å². The van der Waals surface area contributed by atoms with Crippen molar-refractivity contribution < 1.29 is 0 Å². The van der Waals surface area contributed by atoms with E-state index < -0.39 is 0 Å². The van der Waals surface area contributed by atoms with Crippen molar-refractivity contribution in [2.45, 2.75) is 25.3 Å². The van der Waals surface area contributed by atoms with Gasteiger partial charge in [0, 0.05) is 6.04 Å². The molecule has 1 aliphatic carbocycles. The van der Waals surface area contributed by atoms with Crippen molar-refractivity contribution in [3.05, 3.63) is 71.3 Å². The monoisotopic (exact) mass is 251 g/mol. The van der Waals surface area contributed by atoms with Crippen molar-refractivity contribution in [2.75, 3.05) is 7.05 Å². The SMILES string of the molecule is CNC(c1ccc(Cc2ccccc2)cc1)C1CC1. The van der Waals surface area contributed by atoms with Crippen LogP contribution >= 0.6 is 0 Å². The van der Waals surface area contributed by atoms with Crippen LogP contribution in [-0.2, 0) is 6.42 Å². The molecule has 0 bridgehead atoms. The molecule has 3 rings (SSSR count). The number of nitrogens with one attached hydrogen (secondary N) is 1. The molecule has 2 aromatic rings. The third-order valence-electron chi connectivity index (χ3n) is 3.99. The minimum absolute atomic E-state index is 0.547. The smallest absolute Gasteiger partial charge is 0.0346 e. The van der Waals surface area contributed by atoms with Crippen LogP contribution < -0.4 is 5.32 Å². The van der Waals surface area contributed by atoms with Gasteiger partial charge in [-0.2, -0.15) is 0 Å². The predicted octanol–water partition coefficient (Wildman–Crippen LogP) is 3.95. The fraction of sp³-hybridized carbons (Fsp3) is 0.333. The molecule has 98 valence electrons. The molecule has 0 spiro atoms. The second kappa shape index (κ2) is 5.58. The summed E-state index contributed by atoms with van der Waals surface area (Å²) in [6, 6.07) is 20.3. The number of benzene rings is 2. The summed E-state index contributed by atoms with van der Waals surface area (Å²) in [4.78, 5) is 0. The van der Waals surface area contributed by atoms with Gasteiger partial charge >= 0.3 is 0 Å². The van der Waals surface area contributed by atoms with Gasteiger partial charge in [0.2, 0.25) is 0 Å². The number of hydrogen-bond acceptors (Lipinski definition) is 1. The molecule has 1 N–H and O–H groups in total. The minimum atomic E-state index is 0.547. The first-order chi connectivity index (χ1) is 9.36. The average Bonchev–Trinajstić information content (AvgIpc) is 3.27. The van der Waals surface area contributed by atoms with Gasteiger partial charge in [-0.3, -0.25) is 0 Å². The van der Waals surface area contributed by atoms with Crippen LogP contribution in [0.3, 0.4) is 0 Å². The number of rotatable bonds is 5. The molecule has 0 saturated heterocycles. The summed E-state index contributed by atoms with van der Waals surface area (Å²) in [6.45, 7) is 0. The van der Waals surface area contributed by atoms with Gasteiger partial charge in [-0.1, -0.05) is 54.6 Å². The largest absolute Gasteiger partial charge is 0.313 e. The minimum Gasteiger partial charge on any atom is -0.313 e. The highest BCUT2D eigenvalue weighted by atomic mass is 14.9. The second-order valence-electron chi connectivity index (χ2n) is 5.51. The van der Waals surface area contributed by atoms with E-state index in [1.54, 1.807) is 0 Å². The van der Waals surface area contributed by atoms with Crippen LogP contribution in [0.4, 0.5) is 0 Å². The molecule has 0 aliphatic heterocycles. The predicted molar refractivity (Wildman–Crippen MR) is 80.2 cm³/mol. The lowest BCUT2D eigenvalue weighted by molar-refractivity contribution is 0.529. The van der Waals surface area contributed by atoms with Crippen molar-refractivity contribution >= 4 is 0 Å². The maximum absolute atomic E-state index is 3.45. The Labute approximate surface area is 115 Å². The van der Waals surface area contributed by atoms with Gasteiger partial charge in [0.1, 0.15) is 0 Å². The highest BCUT2D eigenvalue weighted by Crippen LogP contribution is 2.40. The molecule has 1 fully saturated rings. The van der Waals surface area contributed by atoms with Crippen LogP contribution in [0.25, 0.3) is 0 Å².